The lowest BCUT2D eigenvalue weighted by atomic mass is 9.54. The van der Waals surface area contributed by atoms with Crippen LogP contribution in [0.5, 0.6) is 11.5 Å². The highest BCUT2D eigenvalue weighted by Gasteiger charge is 2.64. The van der Waals surface area contributed by atoms with Crippen LogP contribution in [0.1, 0.15) is 63.1 Å². The van der Waals surface area contributed by atoms with Crippen molar-refractivity contribution in [3.8, 4) is 11.5 Å². The van der Waals surface area contributed by atoms with E-state index in [9.17, 15) is 22.8 Å². The van der Waals surface area contributed by atoms with Crippen molar-refractivity contribution in [2.24, 2.45) is 16.7 Å². The van der Waals surface area contributed by atoms with E-state index in [0.717, 1.165) is 17.7 Å². The summed E-state index contributed by atoms with van der Waals surface area (Å²) in [5.41, 5.74) is -0.371. The second-order valence-electron chi connectivity index (χ2n) is 9.80. The molecule has 2 fully saturated rings. The number of ether oxygens (including phenoxy) is 1. The lowest BCUT2D eigenvalue weighted by Crippen LogP contribution is -2.52. The molecule has 2 aliphatic carbocycles. The van der Waals surface area contributed by atoms with E-state index in [0.29, 0.717) is 30.6 Å². The first-order valence-corrected chi connectivity index (χ1v) is 11.4. The number of fused-ring (bicyclic) bond motifs is 2. The molecule has 2 aliphatic rings. The van der Waals surface area contributed by atoms with Gasteiger partial charge in [0.15, 0.2) is 11.6 Å². The van der Waals surface area contributed by atoms with E-state index in [1.165, 1.54) is 6.07 Å². The first kappa shape index (κ1) is 23.8. The number of aryl methyl sites for hydroxylation is 1. The first-order chi connectivity index (χ1) is 15.3. The lowest BCUT2D eigenvalue weighted by Gasteiger charge is -2.46. The average Bonchev–Trinajstić information content (AvgIpc) is 2.92. The number of hydrogen-bond donors (Lipinski definition) is 0. The van der Waals surface area contributed by atoms with E-state index in [1.807, 2.05) is 27.7 Å². The summed E-state index contributed by atoms with van der Waals surface area (Å²) >= 11 is 6.04. The summed E-state index contributed by atoms with van der Waals surface area (Å²) in [4.78, 5) is 27.2. The Balaban J connectivity index is 1.72. The summed E-state index contributed by atoms with van der Waals surface area (Å²) < 4.78 is 44.6. The summed E-state index contributed by atoms with van der Waals surface area (Å²) in [7, 11) is 0. The highest BCUT2D eigenvalue weighted by Crippen LogP contribution is 2.62. The summed E-state index contributed by atoms with van der Waals surface area (Å²) in [5, 5.41) is -0.178. The van der Waals surface area contributed by atoms with Crippen LogP contribution in [0.25, 0.3) is 0 Å². The maximum absolute atomic E-state index is 13.7. The quantitative estimate of drug-likeness (QED) is 0.430. The van der Waals surface area contributed by atoms with E-state index >= 15 is 0 Å². The van der Waals surface area contributed by atoms with Crippen LogP contribution in [0.15, 0.2) is 36.4 Å². The van der Waals surface area contributed by atoms with Crippen molar-refractivity contribution >= 4 is 23.2 Å². The molecule has 0 N–H and O–H groups in total. The van der Waals surface area contributed by atoms with E-state index in [4.69, 9.17) is 16.3 Å². The third-order valence-corrected chi connectivity index (χ3v) is 8.25. The highest BCUT2D eigenvalue weighted by atomic mass is 35.5. The molecule has 2 bridgehead atoms. The lowest BCUT2D eigenvalue weighted by molar-refractivity contribution is -0.149. The molecule has 0 amide bonds. The molecule has 0 aromatic heterocycles. The van der Waals surface area contributed by atoms with Crippen LogP contribution in [-0.4, -0.2) is 11.6 Å². The molecule has 4 rings (SSSR count). The van der Waals surface area contributed by atoms with E-state index in [-0.39, 0.29) is 28.3 Å². The van der Waals surface area contributed by atoms with E-state index in [1.54, 1.807) is 18.2 Å². The van der Waals surface area contributed by atoms with Crippen LogP contribution in [-0.2, 0) is 22.2 Å². The van der Waals surface area contributed by atoms with Gasteiger partial charge in [0.2, 0.25) is 0 Å². The Morgan fingerprint density at radius 1 is 1.09 bits per heavy atom. The van der Waals surface area contributed by atoms with Crippen LogP contribution < -0.4 is 4.74 Å². The number of halogens is 4. The largest absolute Gasteiger partial charge is 0.456 e. The zero-order valence-electron chi connectivity index (χ0n) is 19.0. The monoisotopic (exact) mass is 478 g/mol. The standard InChI is InChI=1S/C26H26ClF3O3/c1-5-14-6-8-16(33-20-9-7-15(12-19(20)27)26(28,29)30)13-17(14)21-22(31)18-10-11-25(4,23(21)32)24(18,2)3/h6-9,12-13,18,21H,5,10-11H2,1-4H3. The zero-order valence-corrected chi connectivity index (χ0v) is 19.7. The Hall–Kier alpha value is -2.34. The number of carbonyl (C=O) groups is 2. The van der Waals surface area contributed by atoms with E-state index in [2.05, 4.69) is 0 Å². The molecule has 3 nitrogen and oxygen atoms in total. The van der Waals surface area contributed by atoms with Crippen LogP contribution in [0.4, 0.5) is 13.2 Å². The third kappa shape index (κ3) is 3.67. The molecule has 0 spiro atoms. The van der Waals surface area contributed by atoms with Gasteiger partial charge >= 0.3 is 6.18 Å². The van der Waals surface area contributed by atoms with Gasteiger partial charge in [-0.2, -0.15) is 13.2 Å². The van der Waals surface area contributed by atoms with Crippen LogP contribution in [0, 0.1) is 16.7 Å². The molecule has 0 radical (unpaired) electrons. The van der Waals surface area contributed by atoms with Crippen molar-refractivity contribution in [2.75, 3.05) is 0 Å². The number of benzene rings is 2. The van der Waals surface area contributed by atoms with Gasteiger partial charge in [-0.05, 0) is 66.1 Å². The normalized spacial score (nSPS) is 26.5. The summed E-state index contributed by atoms with van der Waals surface area (Å²) in [6.45, 7) is 7.92. The number of carbonyl (C=O) groups excluding carboxylic acids is 2. The molecule has 2 aromatic carbocycles. The maximum atomic E-state index is 13.7. The predicted octanol–water partition coefficient (Wildman–Crippen LogP) is 7.39. The van der Waals surface area contributed by atoms with Gasteiger partial charge in [0.25, 0.3) is 0 Å². The van der Waals surface area contributed by atoms with Gasteiger partial charge in [-0.25, -0.2) is 0 Å². The van der Waals surface area contributed by atoms with Gasteiger partial charge in [-0.3, -0.25) is 9.59 Å². The smallest absolute Gasteiger partial charge is 0.416 e. The molecule has 0 aliphatic heterocycles. The second kappa shape index (κ2) is 7.86. The molecule has 7 heteroatoms. The third-order valence-electron chi connectivity index (χ3n) is 7.96. The SMILES string of the molecule is CCc1ccc(Oc2ccc(C(F)(F)F)cc2Cl)cc1C1C(=O)C2CCC(C)(C1=O)C2(C)C. The fraction of sp³-hybridized carbons (Fsp3) is 0.462. The molecule has 33 heavy (non-hydrogen) atoms. The van der Waals surface area contributed by atoms with Crippen molar-refractivity contribution in [3.05, 3.63) is 58.1 Å². The topological polar surface area (TPSA) is 43.4 Å². The molecular formula is C26H26ClF3O3. The number of ketones is 2. The Labute approximate surface area is 196 Å². The molecule has 0 heterocycles. The molecule has 176 valence electrons. The van der Waals surface area contributed by atoms with Gasteiger partial charge in [0.05, 0.1) is 10.6 Å². The van der Waals surface area contributed by atoms with E-state index < -0.39 is 28.5 Å². The average molecular weight is 479 g/mol. The molecule has 2 aromatic rings. The van der Waals surface area contributed by atoms with Crippen molar-refractivity contribution in [1.29, 1.82) is 0 Å². The number of rotatable bonds is 4. The minimum absolute atomic E-state index is 0.0561. The maximum Gasteiger partial charge on any atom is 0.416 e. The van der Waals surface area contributed by atoms with Gasteiger partial charge in [-0.15, -0.1) is 0 Å². The fourth-order valence-electron chi connectivity index (χ4n) is 5.50. The summed E-state index contributed by atoms with van der Waals surface area (Å²) in [6, 6.07) is 8.01. The molecule has 3 atom stereocenters. The van der Waals surface area contributed by atoms with Gasteiger partial charge in [0, 0.05) is 11.3 Å². The summed E-state index contributed by atoms with van der Waals surface area (Å²) in [6.07, 6.45) is -2.50. The second-order valence-corrected chi connectivity index (χ2v) is 10.2. The van der Waals surface area contributed by atoms with Crippen LogP contribution >= 0.6 is 11.6 Å². The van der Waals surface area contributed by atoms with Gasteiger partial charge in [-0.1, -0.05) is 45.4 Å². The van der Waals surface area contributed by atoms with Gasteiger partial charge < -0.3 is 4.74 Å². The van der Waals surface area contributed by atoms with Crippen LogP contribution in [0.2, 0.25) is 5.02 Å². The van der Waals surface area contributed by atoms with Crippen LogP contribution in [0.3, 0.4) is 0 Å². The Bertz CT molecular complexity index is 1140. The highest BCUT2D eigenvalue weighted by molar-refractivity contribution is 6.32. The molecular weight excluding hydrogens is 453 g/mol. The molecule has 0 saturated heterocycles. The Morgan fingerprint density at radius 3 is 2.39 bits per heavy atom. The molecule has 2 saturated carbocycles. The fourth-order valence-corrected chi connectivity index (χ4v) is 5.72. The minimum Gasteiger partial charge on any atom is -0.456 e. The number of alkyl halides is 3. The van der Waals surface area contributed by atoms with Crippen molar-refractivity contribution in [3.63, 3.8) is 0 Å². The Kier molecular flexibility index (Phi) is 5.67. The summed E-state index contributed by atoms with van der Waals surface area (Å²) in [5.74, 6) is -0.799. The Morgan fingerprint density at radius 2 is 1.79 bits per heavy atom. The zero-order chi connectivity index (χ0) is 24.3. The van der Waals surface area contributed by atoms with Crippen molar-refractivity contribution in [2.45, 2.75) is 59.1 Å². The number of Topliss-reactive ketones (excluding diaryl/α,β-unsaturated/α-hetero) is 2. The minimum atomic E-state index is -4.51. The van der Waals surface area contributed by atoms with Gasteiger partial charge in [0.1, 0.15) is 17.4 Å². The van der Waals surface area contributed by atoms with Crippen molar-refractivity contribution < 1.29 is 27.5 Å². The first-order valence-electron chi connectivity index (χ1n) is 11.1. The molecule has 3 unspecified atom stereocenters. The number of hydrogen-bond acceptors (Lipinski definition) is 3. The van der Waals surface area contributed by atoms with Crippen molar-refractivity contribution in [1.82, 2.24) is 0 Å². The predicted molar refractivity (Wildman–Crippen MR) is 120 cm³/mol.